The molecule has 0 saturated heterocycles. The Morgan fingerprint density at radius 2 is 1.52 bits per heavy atom. The summed E-state index contributed by atoms with van der Waals surface area (Å²) >= 11 is 0. The standard InChI is InChI=1S/C20H33N/c1-3-7-17-11-13-18(14-12-17)15-16-19(8-4-2)21-20-9-5-6-10-20/h11-14,19-21H,3-10,15-16H2,1-2H3. The van der Waals surface area contributed by atoms with Crippen molar-refractivity contribution in [1.29, 1.82) is 0 Å². The van der Waals surface area contributed by atoms with E-state index in [1.165, 1.54) is 75.3 Å². The smallest absolute Gasteiger partial charge is 0.00727 e. The SMILES string of the molecule is CCCc1ccc(CCC(CCC)NC2CCCC2)cc1. The molecule has 1 aliphatic carbocycles. The summed E-state index contributed by atoms with van der Waals surface area (Å²) in [5.41, 5.74) is 2.99. The van der Waals surface area contributed by atoms with Crippen LogP contribution in [0.25, 0.3) is 0 Å². The normalized spacial score (nSPS) is 17.2. The van der Waals surface area contributed by atoms with Crippen LogP contribution in [0.2, 0.25) is 0 Å². The van der Waals surface area contributed by atoms with Crippen LogP contribution in [0.15, 0.2) is 24.3 Å². The van der Waals surface area contributed by atoms with Crippen molar-refractivity contribution in [2.24, 2.45) is 0 Å². The van der Waals surface area contributed by atoms with E-state index in [1.807, 2.05) is 0 Å². The van der Waals surface area contributed by atoms with Gasteiger partial charge in [0.2, 0.25) is 0 Å². The third-order valence-electron chi connectivity index (χ3n) is 4.81. The summed E-state index contributed by atoms with van der Waals surface area (Å²) in [6, 6.07) is 10.8. The van der Waals surface area contributed by atoms with Crippen molar-refractivity contribution in [3.63, 3.8) is 0 Å². The predicted octanol–water partition coefficient (Wildman–Crippen LogP) is 5.27. The zero-order valence-electron chi connectivity index (χ0n) is 14.0. The number of nitrogens with one attached hydrogen (secondary N) is 1. The number of hydrogen-bond acceptors (Lipinski definition) is 1. The average Bonchev–Trinajstić information content (AvgIpc) is 3.00. The summed E-state index contributed by atoms with van der Waals surface area (Å²) in [5, 5.41) is 3.92. The maximum Gasteiger partial charge on any atom is 0.00727 e. The maximum atomic E-state index is 3.92. The lowest BCUT2D eigenvalue weighted by Gasteiger charge is -2.22. The van der Waals surface area contributed by atoms with Crippen molar-refractivity contribution >= 4 is 0 Å². The van der Waals surface area contributed by atoms with Crippen LogP contribution >= 0.6 is 0 Å². The lowest BCUT2D eigenvalue weighted by Crippen LogP contribution is -2.36. The Balaban J connectivity index is 1.79. The Kier molecular flexibility index (Phi) is 7.29. The van der Waals surface area contributed by atoms with Crippen LogP contribution in [-0.2, 0) is 12.8 Å². The number of aryl methyl sites for hydroxylation is 2. The van der Waals surface area contributed by atoms with Gasteiger partial charge in [0.15, 0.2) is 0 Å². The van der Waals surface area contributed by atoms with Gasteiger partial charge in [-0.05, 0) is 49.7 Å². The largest absolute Gasteiger partial charge is 0.311 e. The quantitative estimate of drug-likeness (QED) is 0.652. The Hall–Kier alpha value is -0.820. The van der Waals surface area contributed by atoms with E-state index in [9.17, 15) is 0 Å². The molecule has 0 amide bonds. The number of benzene rings is 1. The molecule has 1 nitrogen and oxygen atoms in total. The second-order valence-corrected chi connectivity index (χ2v) is 6.74. The highest BCUT2D eigenvalue weighted by Crippen LogP contribution is 2.20. The van der Waals surface area contributed by atoms with Gasteiger partial charge in [-0.3, -0.25) is 0 Å². The average molecular weight is 287 g/mol. The van der Waals surface area contributed by atoms with Gasteiger partial charge in [0, 0.05) is 12.1 Å². The number of rotatable bonds is 9. The zero-order valence-corrected chi connectivity index (χ0v) is 14.0. The third-order valence-corrected chi connectivity index (χ3v) is 4.81. The van der Waals surface area contributed by atoms with Crippen molar-refractivity contribution < 1.29 is 0 Å². The lowest BCUT2D eigenvalue weighted by atomic mass is 9.99. The second-order valence-electron chi connectivity index (χ2n) is 6.74. The van der Waals surface area contributed by atoms with E-state index < -0.39 is 0 Å². The van der Waals surface area contributed by atoms with Gasteiger partial charge in [0.1, 0.15) is 0 Å². The highest BCUT2D eigenvalue weighted by molar-refractivity contribution is 5.22. The molecule has 0 heterocycles. The summed E-state index contributed by atoms with van der Waals surface area (Å²) in [5.74, 6) is 0. The first-order valence-electron chi connectivity index (χ1n) is 9.15. The molecule has 1 fully saturated rings. The molecule has 0 radical (unpaired) electrons. The molecule has 21 heavy (non-hydrogen) atoms. The van der Waals surface area contributed by atoms with Crippen LogP contribution in [0.5, 0.6) is 0 Å². The molecule has 2 rings (SSSR count). The maximum absolute atomic E-state index is 3.92. The van der Waals surface area contributed by atoms with E-state index in [1.54, 1.807) is 0 Å². The van der Waals surface area contributed by atoms with Gasteiger partial charge in [-0.2, -0.15) is 0 Å². The molecule has 0 aromatic heterocycles. The van der Waals surface area contributed by atoms with Gasteiger partial charge in [0.05, 0.1) is 0 Å². The van der Waals surface area contributed by atoms with E-state index in [2.05, 4.69) is 43.4 Å². The van der Waals surface area contributed by atoms with Crippen LogP contribution in [0.1, 0.15) is 76.3 Å². The minimum Gasteiger partial charge on any atom is -0.311 e. The molecule has 1 heteroatoms. The molecule has 1 N–H and O–H groups in total. The first-order valence-corrected chi connectivity index (χ1v) is 9.15. The summed E-state index contributed by atoms with van der Waals surface area (Å²) in [4.78, 5) is 0. The molecular formula is C20H33N. The Morgan fingerprint density at radius 1 is 0.905 bits per heavy atom. The lowest BCUT2D eigenvalue weighted by molar-refractivity contribution is 0.388. The van der Waals surface area contributed by atoms with Gasteiger partial charge in [0.25, 0.3) is 0 Å². The summed E-state index contributed by atoms with van der Waals surface area (Å²) < 4.78 is 0. The first kappa shape index (κ1) is 16.5. The molecule has 1 atom stereocenters. The Labute approximate surface area is 131 Å². The summed E-state index contributed by atoms with van der Waals surface area (Å²) in [7, 11) is 0. The van der Waals surface area contributed by atoms with Gasteiger partial charge >= 0.3 is 0 Å². The minimum absolute atomic E-state index is 0.716. The highest BCUT2D eigenvalue weighted by atomic mass is 14.9. The van der Waals surface area contributed by atoms with Gasteiger partial charge in [-0.25, -0.2) is 0 Å². The highest BCUT2D eigenvalue weighted by Gasteiger charge is 2.18. The summed E-state index contributed by atoms with van der Waals surface area (Å²) in [6.45, 7) is 4.56. The molecule has 0 bridgehead atoms. The van der Waals surface area contributed by atoms with E-state index in [4.69, 9.17) is 0 Å². The fraction of sp³-hybridized carbons (Fsp3) is 0.700. The van der Waals surface area contributed by atoms with Crippen LogP contribution < -0.4 is 5.32 Å². The monoisotopic (exact) mass is 287 g/mol. The number of hydrogen-bond donors (Lipinski definition) is 1. The van der Waals surface area contributed by atoms with E-state index in [0.29, 0.717) is 6.04 Å². The zero-order chi connectivity index (χ0) is 14.9. The molecule has 118 valence electrons. The minimum atomic E-state index is 0.716. The fourth-order valence-corrected chi connectivity index (χ4v) is 3.59. The van der Waals surface area contributed by atoms with Crippen LogP contribution in [-0.4, -0.2) is 12.1 Å². The van der Waals surface area contributed by atoms with E-state index in [-0.39, 0.29) is 0 Å². The van der Waals surface area contributed by atoms with E-state index >= 15 is 0 Å². The Morgan fingerprint density at radius 3 is 2.10 bits per heavy atom. The Bertz CT molecular complexity index is 375. The van der Waals surface area contributed by atoms with Crippen molar-refractivity contribution in [2.45, 2.75) is 90.1 Å². The van der Waals surface area contributed by atoms with E-state index in [0.717, 1.165) is 6.04 Å². The van der Waals surface area contributed by atoms with Crippen LogP contribution in [0, 0.1) is 0 Å². The second kappa shape index (κ2) is 9.25. The van der Waals surface area contributed by atoms with Crippen LogP contribution in [0.4, 0.5) is 0 Å². The first-order chi connectivity index (χ1) is 10.3. The van der Waals surface area contributed by atoms with Gasteiger partial charge in [-0.15, -0.1) is 0 Å². The molecule has 1 unspecified atom stereocenters. The third kappa shape index (κ3) is 5.82. The van der Waals surface area contributed by atoms with Crippen molar-refractivity contribution in [2.75, 3.05) is 0 Å². The molecule has 1 aromatic rings. The summed E-state index contributed by atoms with van der Waals surface area (Å²) in [6.07, 6.45) is 13.2. The molecular weight excluding hydrogens is 254 g/mol. The van der Waals surface area contributed by atoms with Gasteiger partial charge in [-0.1, -0.05) is 63.8 Å². The topological polar surface area (TPSA) is 12.0 Å². The van der Waals surface area contributed by atoms with Crippen molar-refractivity contribution in [3.8, 4) is 0 Å². The molecule has 0 aliphatic heterocycles. The fourth-order valence-electron chi connectivity index (χ4n) is 3.59. The molecule has 1 saturated carbocycles. The van der Waals surface area contributed by atoms with Crippen molar-refractivity contribution in [3.05, 3.63) is 35.4 Å². The van der Waals surface area contributed by atoms with Crippen LogP contribution in [0.3, 0.4) is 0 Å². The van der Waals surface area contributed by atoms with Crippen molar-refractivity contribution in [1.82, 2.24) is 5.32 Å². The molecule has 0 spiro atoms. The molecule has 1 aromatic carbocycles. The van der Waals surface area contributed by atoms with Gasteiger partial charge < -0.3 is 5.32 Å². The predicted molar refractivity (Wildman–Crippen MR) is 92.8 cm³/mol. The molecule has 1 aliphatic rings.